The van der Waals surface area contributed by atoms with Crippen LogP contribution in [-0.2, 0) is 6.42 Å². The highest BCUT2D eigenvalue weighted by Crippen LogP contribution is 2.29. The van der Waals surface area contributed by atoms with Crippen LogP contribution in [0.5, 0.6) is 11.5 Å². The molecule has 7 nitrogen and oxygen atoms in total. The molecule has 1 aliphatic heterocycles. The molecule has 10 heteroatoms. The number of anilines is 1. The first-order valence-electron chi connectivity index (χ1n) is 12.1. The van der Waals surface area contributed by atoms with Gasteiger partial charge >= 0.3 is 0 Å². The summed E-state index contributed by atoms with van der Waals surface area (Å²) in [5, 5.41) is 5.06. The molecule has 2 aromatic carbocycles. The lowest BCUT2D eigenvalue weighted by molar-refractivity contribution is 0.0944. The number of nitrogens with one attached hydrogen (secondary N) is 1. The Hall–Kier alpha value is -2.68. The zero-order chi connectivity index (χ0) is 26.2. The minimum absolute atomic E-state index is 0.129. The number of ether oxygens (including phenoxy) is 2. The summed E-state index contributed by atoms with van der Waals surface area (Å²) in [6, 6.07) is 12.6. The molecule has 3 aromatic rings. The van der Waals surface area contributed by atoms with Crippen molar-refractivity contribution in [2.24, 2.45) is 5.92 Å². The number of halogens is 2. The Balaban J connectivity index is 1.28. The number of carbonyl (C=O) groups excluding carboxylic acids is 1. The third-order valence-electron chi connectivity index (χ3n) is 6.36. The summed E-state index contributed by atoms with van der Waals surface area (Å²) in [4.78, 5) is 24.0. The van der Waals surface area contributed by atoms with Crippen molar-refractivity contribution < 1.29 is 14.3 Å². The number of thioether (sulfide) groups is 1. The Labute approximate surface area is 231 Å². The van der Waals surface area contributed by atoms with Gasteiger partial charge in [-0.2, -0.15) is 0 Å². The minimum Gasteiger partial charge on any atom is -0.493 e. The van der Waals surface area contributed by atoms with Crippen molar-refractivity contribution in [2.45, 2.75) is 24.4 Å². The molecule has 1 saturated heterocycles. The Bertz CT molecular complexity index is 1220. The predicted octanol–water partition coefficient (Wildman–Crippen LogP) is 5.78. The maximum atomic E-state index is 12.9. The van der Waals surface area contributed by atoms with Crippen molar-refractivity contribution in [3.05, 3.63) is 69.8 Å². The topological polar surface area (TPSA) is 76.6 Å². The van der Waals surface area contributed by atoms with Crippen LogP contribution in [-0.4, -0.2) is 55.5 Å². The summed E-state index contributed by atoms with van der Waals surface area (Å²) >= 11 is 13.8. The average molecular weight is 562 g/mol. The van der Waals surface area contributed by atoms with Crippen LogP contribution >= 0.6 is 35.0 Å². The molecule has 0 aliphatic carbocycles. The fourth-order valence-electron chi connectivity index (χ4n) is 4.24. The molecule has 37 heavy (non-hydrogen) atoms. The predicted molar refractivity (Wildman–Crippen MR) is 150 cm³/mol. The van der Waals surface area contributed by atoms with Gasteiger partial charge in [-0.05, 0) is 67.0 Å². The molecule has 2 heterocycles. The normalized spacial score (nSPS) is 13.9. The second-order valence-electron chi connectivity index (χ2n) is 8.74. The van der Waals surface area contributed by atoms with Crippen LogP contribution in [0, 0.1) is 5.92 Å². The summed E-state index contributed by atoms with van der Waals surface area (Å²) < 4.78 is 11.4. The molecular formula is C27H30Cl2N4O3S. The molecule has 1 N–H and O–H groups in total. The molecule has 1 aromatic heterocycles. The number of carbonyl (C=O) groups is 1. The van der Waals surface area contributed by atoms with E-state index < -0.39 is 0 Å². The molecule has 1 fully saturated rings. The van der Waals surface area contributed by atoms with Gasteiger partial charge in [-0.25, -0.2) is 9.97 Å². The van der Waals surface area contributed by atoms with E-state index in [0.717, 1.165) is 42.5 Å². The van der Waals surface area contributed by atoms with E-state index in [4.69, 9.17) is 32.7 Å². The van der Waals surface area contributed by atoms with E-state index in [-0.39, 0.29) is 5.91 Å². The molecule has 0 spiro atoms. The number of benzene rings is 2. The molecule has 0 radical (unpaired) electrons. The Morgan fingerprint density at radius 1 is 1.14 bits per heavy atom. The third-order valence-corrected chi connectivity index (χ3v) is 7.51. The van der Waals surface area contributed by atoms with Crippen molar-refractivity contribution in [3.8, 4) is 11.5 Å². The number of hydrogen-bond donors (Lipinski definition) is 1. The van der Waals surface area contributed by atoms with Gasteiger partial charge in [0.2, 0.25) is 0 Å². The van der Waals surface area contributed by atoms with E-state index in [1.54, 1.807) is 55.4 Å². The smallest absolute Gasteiger partial charge is 0.251 e. The lowest BCUT2D eigenvalue weighted by Crippen LogP contribution is -2.39. The first kappa shape index (κ1) is 27.4. The molecule has 1 aliphatic rings. The summed E-state index contributed by atoms with van der Waals surface area (Å²) in [7, 11) is 1.58. The van der Waals surface area contributed by atoms with Crippen LogP contribution < -0.4 is 19.7 Å². The number of hydrogen-bond acceptors (Lipinski definition) is 7. The number of amides is 1. The molecule has 0 unspecified atom stereocenters. The van der Waals surface area contributed by atoms with Gasteiger partial charge in [0.1, 0.15) is 5.82 Å². The quantitative estimate of drug-likeness (QED) is 0.248. The Kier molecular flexibility index (Phi) is 9.77. The molecule has 0 bridgehead atoms. The van der Waals surface area contributed by atoms with Gasteiger partial charge in [0.05, 0.1) is 13.7 Å². The Morgan fingerprint density at radius 3 is 2.68 bits per heavy atom. The monoisotopic (exact) mass is 560 g/mol. The van der Waals surface area contributed by atoms with Gasteiger partial charge in [0.15, 0.2) is 16.7 Å². The van der Waals surface area contributed by atoms with Gasteiger partial charge in [0, 0.05) is 47.9 Å². The van der Waals surface area contributed by atoms with E-state index >= 15 is 0 Å². The van der Waals surface area contributed by atoms with Crippen molar-refractivity contribution in [2.75, 3.05) is 44.5 Å². The SMILES string of the molecule is COc1ccc(C(=O)NCC2CCN(c3ccnc(SC)n3)CC2)cc1OCCc1ccc(Cl)cc1Cl. The Morgan fingerprint density at radius 2 is 1.95 bits per heavy atom. The fraction of sp³-hybridized carbons (Fsp3) is 0.370. The average Bonchev–Trinajstić information content (AvgIpc) is 2.93. The van der Waals surface area contributed by atoms with Crippen LogP contribution in [0.3, 0.4) is 0 Å². The van der Waals surface area contributed by atoms with Gasteiger partial charge in [-0.15, -0.1) is 0 Å². The van der Waals surface area contributed by atoms with Gasteiger partial charge in [-0.1, -0.05) is 41.0 Å². The minimum atomic E-state index is -0.129. The second-order valence-corrected chi connectivity index (χ2v) is 10.4. The molecule has 1 amide bonds. The summed E-state index contributed by atoms with van der Waals surface area (Å²) in [6.07, 6.45) is 6.36. The van der Waals surface area contributed by atoms with Crippen molar-refractivity contribution in [1.29, 1.82) is 0 Å². The summed E-state index contributed by atoms with van der Waals surface area (Å²) in [5.41, 5.74) is 1.47. The molecule has 0 saturated carbocycles. The second kappa shape index (κ2) is 13.2. The number of nitrogens with zero attached hydrogens (tertiary/aromatic N) is 3. The van der Waals surface area contributed by atoms with Crippen LogP contribution in [0.2, 0.25) is 10.0 Å². The van der Waals surface area contributed by atoms with Gasteiger partial charge in [-0.3, -0.25) is 4.79 Å². The lowest BCUT2D eigenvalue weighted by Gasteiger charge is -2.32. The van der Waals surface area contributed by atoms with Crippen LogP contribution in [0.25, 0.3) is 0 Å². The van der Waals surface area contributed by atoms with Crippen molar-refractivity contribution >= 4 is 46.7 Å². The first-order chi connectivity index (χ1) is 18.0. The van der Waals surface area contributed by atoms with E-state index in [9.17, 15) is 4.79 Å². The maximum Gasteiger partial charge on any atom is 0.251 e. The number of methoxy groups -OCH3 is 1. The number of rotatable bonds is 10. The third kappa shape index (κ3) is 7.43. The van der Waals surface area contributed by atoms with Crippen molar-refractivity contribution in [3.63, 3.8) is 0 Å². The van der Waals surface area contributed by atoms with E-state index in [0.29, 0.717) is 52.6 Å². The fourth-order valence-corrected chi connectivity index (χ4v) is 5.09. The standard InChI is InChI=1S/C27H30Cl2N4O3S/c1-35-23-6-4-20(15-24(23)36-14-10-19-3-5-21(28)16-22(19)29)26(34)31-17-18-8-12-33(13-9-18)25-7-11-30-27(32-25)37-2/h3-7,11,15-16,18H,8-10,12-14,17H2,1-2H3,(H,31,34). The highest BCUT2D eigenvalue weighted by molar-refractivity contribution is 7.98. The van der Waals surface area contributed by atoms with Crippen molar-refractivity contribution in [1.82, 2.24) is 15.3 Å². The number of aromatic nitrogens is 2. The molecular weight excluding hydrogens is 531 g/mol. The highest BCUT2D eigenvalue weighted by Gasteiger charge is 2.21. The molecule has 4 rings (SSSR count). The molecule has 0 atom stereocenters. The van der Waals surface area contributed by atoms with Gasteiger partial charge in [0.25, 0.3) is 5.91 Å². The summed E-state index contributed by atoms with van der Waals surface area (Å²) in [5.74, 6) is 2.34. The van der Waals surface area contributed by atoms with E-state index in [1.807, 2.05) is 18.4 Å². The van der Waals surface area contributed by atoms with E-state index in [1.165, 1.54) is 0 Å². The van der Waals surface area contributed by atoms with Crippen LogP contribution in [0.4, 0.5) is 5.82 Å². The first-order valence-corrected chi connectivity index (χ1v) is 14.1. The zero-order valence-electron chi connectivity index (χ0n) is 20.9. The lowest BCUT2D eigenvalue weighted by atomic mass is 9.96. The largest absolute Gasteiger partial charge is 0.493 e. The van der Waals surface area contributed by atoms with Gasteiger partial charge < -0.3 is 19.7 Å². The van der Waals surface area contributed by atoms with Crippen LogP contribution in [0.1, 0.15) is 28.8 Å². The van der Waals surface area contributed by atoms with E-state index in [2.05, 4.69) is 20.2 Å². The molecule has 196 valence electrons. The maximum absolute atomic E-state index is 12.9. The highest BCUT2D eigenvalue weighted by atomic mass is 35.5. The zero-order valence-corrected chi connectivity index (χ0v) is 23.2. The summed E-state index contributed by atoms with van der Waals surface area (Å²) in [6.45, 7) is 2.82. The van der Waals surface area contributed by atoms with Crippen LogP contribution in [0.15, 0.2) is 53.8 Å². The number of piperidine rings is 1.